The van der Waals surface area contributed by atoms with Gasteiger partial charge in [-0.3, -0.25) is 14.0 Å². The zero-order chi connectivity index (χ0) is 21.9. The van der Waals surface area contributed by atoms with E-state index >= 15 is 0 Å². The number of fused-ring (bicyclic) bond motifs is 1. The molecule has 0 saturated carbocycles. The van der Waals surface area contributed by atoms with Crippen molar-refractivity contribution in [3.8, 4) is 5.69 Å². The summed E-state index contributed by atoms with van der Waals surface area (Å²) >= 11 is 12.5. The maximum Gasteiger partial charge on any atom is 0.263 e. The van der Waals surface area contributed by atoms with Crippen molar-refractivity contribution >= 4 is 29.0 Å². The van der Waals surface area contributed by atoms with Crippen LogP contribution in [0, 0.1) is 19.3 Å². The lowest BCUT2D eigenvalue weighted by Crippen LogP contribution is -2.45. The summed E-state index contributed by atoms with van der Waals surface area (Å²) in [5.41, 5.74) is 8.74. The summed E-state index contributed by atoms with van der Waals surface area (Å²) in [6.07, 6.45) is 3.68. The van der Waals surface area contributed by atoms with Crippen molar-refractivity contribution in [2.45, 2.75) is 39.3 Å². The highest BCUT2D eigenvalue weighted by Gasteiger charge is 2.47. The van der Waals surface area contributed by atoms with Crippen LogP contribution >= 0.6 is 23.2 Å². The fourth-order valence-electron chi connectivity index (χ4n) is 5.04. The summed E-state index contributed by atoms with van der Waals surface area (Å²) < 4.78 is 3.56. The van der Waals surface area contributed by atoms with Gasteiger partial charge in [0.1, 0.15) is 11.6 Å². The minimum absolute atomic E-state index is 0.00841. The third-order valence-corrected chi connectivity index (χ3v) is 7.68. The van der Waals surface area contributed by atoms with Crippen LogP contribution in [-0.4, -0.2) is 32.4 Å². The van der Waals surface area contributed by atoms with Crippen molar-refractivity contribution in [3.05, 3.63) is 67.9 Å². The van der Waals surface area contributed by atoms with E-state index in [-0.39, 0.29) is 17.0 Å². The SMILES string of the molecule is Cc1c(N2CCC3(CC2)Cn2nccc2C3N)nc(C)n(-c2cccc(Cl)c2Cl)c1=O. The third-order valence-electron chi connectivity index (χ3n) is 6.87. The van der Waals surface area contributed by atoms with Gasteiger partial charge in [-0.25, -0.2) is 4.98 Å². The lowest BCUT2D eigenvalue weighted by Gasteiger charge is -2.42. The highest BCUT2D eigenvalue weighted by molar-refractivity contribution is 6.43. The molecule has 1 spiro atoms. The predicted octanol–water partition coefficient (Wildman–Crippen LogP) is 3.65. The molecule has 1 fully saturated rings. The van der Waals surface area contributed by atoms with E-state index in [1.165, 1.54) is 4.57 Å². The lowest BCUT2D eigenvalue weighted by atomic mass is 9.73. The van der Waals surface area contributed by atoms with Crippen LogP contribution in [-0.2, 0) is 6.54 Å². The van der Waals surface area contributed by atoms with E-state index in [9.17, 15) is 4.79 Å². The first-order chi connectivity index (χ1) is 14.8. The molecule has 0 bridgehead atoms. The van der Waals surface area contributed by atoms with Gasteiger partial charge < -0.3 is 10.6 Å². The highest BCUT2D eigenvalue weighted by Crippen LogP contribution is 2.48. The number of anilines is 1. The van der Waals surface area contributed by atoms with Gasteiger partial charge in [0.2, 0.25) is 0 Å². The Hall–Kier alpha value is -2.35. The van der Waals surface area contributed by atoms with E-state index < -0.39 is 0 Å². The molecule has 4 heterocycles. The average molecular weight is 459 g/mol. The van der Waals surface area contributed by atoms with Gasteiger partial charge in [0.25, 0.3) is 5.56 Å². The first-order valence-corrected chi connectivity index (χ1v) is 11.1. The molecule has 5 rings (SSSR count). The largest absolute Gasteiger partial charge is 0.356 e. The Morgan fingerprint density at radius 3 is 2.61 bits per heavy atom. The van der Waals surface area contributed by atoms with Gasteiger partial charge >= 0.3 is 0 Å². The molecule has 2 N–H and O–H groups in total. The van der Waals surface area contributed by atoms with Crippen molar-refractivity contribution < 1.29 is 0 Å². The number of benzene rings is 1. The first kappa shape index (κ1) is 20.5. The van der Waals surface area contributed by atoms with E-state index in [1.54, 1.807) is 18.2 Å². The average Bonchev–Trinajstić information content (AvgIpc) is 3.30. The maximum absolute atomic E-state index is 13.3. The minimum atomic E-state index is -0.135. The van der Waals surface area contributed by atoms with Crippen LogP contribution in [0.2, 0.25) is 10.0 Å². The van der Waals surface area contributed by atoms with Gasteiger partial charge in [-0.05, 0) is 44.9 Å². The van der Waals surface area contributed by atoms with Gasteiger partial charge in [0, 0.05) is 31.2 Å². The fourth-order valence-corrected chi connectivity index (χ4v) is 5.42. The first-order valence-electron chi connectivity index (χ1n) is 10.4. The quantitative estimate of drug-likeness (QED) is 0.633. The van der Waals surface area contributed by atoms with E-state index in [2.05, 4.69) is 10.00 Å². The van der Waals surface area contributed by atoms with Gasteiger partial charge in [-0.2, -0.15) is 5.10 Å². The number of aryl methyl sites for hydroxylation is 1. The van der Waals surface area contributed by atoms with Gasteiger partial charge in [-0.15, -0.1) is 0 Å². The monoisotopic (exact) mass is 458 g/mol. The van der Waals surface area contributed by atoms with Gasteiger partial charge in [-0.1, -0.05) is 29.3 Å². The van der Waals surface area contributed by atoms with Crippen LogP contribution in [0.3, 0.4) is 0 Å². The molecule has 3 aromatic rings. The molecule has 1 unspecified atom stereocenters. The number of hydrogen-bond acceptors (Lipinski definition) is 5. The van der Waals surface area contributed by atoms with Crippen molar-refractivity contribution in [2.24, 2.45) is 11.1 Å². The molecule has 1 saturated heterocycles. The Morgan fingerprint density at radius 1 is 1.16 bits per heavy atom. The molecule has 162 valence electrons. The van der Waals surface area contributed by atoms with E-state index in [0.717, 1.165) is 44.0 Å². The number of aromatic nitrogens is 4. The molecule has 1 atom stereocenters. The summed E-state index contributed by atoms with van der Waals surface area (Å²) in [7, 11) is 0. The predicted molar refractivity (Wildman–Crippen MR) is 122 cm³/mol. The Morgan fingerprint density at radius 2 is 1.90 bits per heavy atom. The Labute approximate surface area is 190 Å². The van der Waals surface area contributed by atoms with Gasteiger partial charge in [0.05, 0.1) is 33.0 Å². The molecule has 2 aromatic heterocycles. The second-order valence-corrected chi connectivity index (χ2v) is 9.35. The zero-order valence-electron chi connectivity index (χ0n) is 17.5. The number of piperidine rings is 1. The van der Waals surface area contributed by atoms with Crippen molar-refractivity contribution in [1.29, 1.82) is 0 Å². The Bertz CT molecular complexity index is 1230. The molecule has 31 heavy (non-hydrogen) atoms. The molecule has 2 aliphatic rings. The molecular weight excluding hydrogens is 435 g/mol. The van der Waals surface area contributed by atoms with Crippen molar-refractivity contribution in [2.75, 3.05) is 18.0 Å². The molecular formula is C22H24Cl2N6O. The van der Waals surface area contributed by atoms with Gasteiger partial charge in [0.15, 0.2) is 0 Å². The van der Waals surface area contributed by atoms with Crippen LogP contribution in [0.25, 0.3) is 5.69 Å². The highest BCUT2D eigenvalue weighted by atomic mass is 35.5. The molecule has 1 aromatic carbocycles. The summed E-state index contributed by atoms with van der Waals surface area (Å²) in [5.74, 6) is 1.31. The van der Waals surface area contributed by atoms with Crippen molar-refractivity contribution in [3.63, 3.8) is 0 Å². The zero-order valence-corrected chi connectivity index (χ0v) is 19.0. The maximum atomic E-state index is 13.3. The normalized spacial score (nSPS) is 19.8. The number of nitrogens with zero attached hydrogens (tertiary/aromatic N) is 5. The Balaban J connectivity index is 1.44. The molecule has 2 aliphatic heterocycles. The number of nitrogens with two attached hydrogens (primary N) is 1. The number of rotatable bonds is 2. The van der Waals surface area contributed by atoms with E-state index in [0.29, 0.717) is 27.1 Å². The molecule has 0 amide bonds. The molecule has 7 nitrogen and oxygen atoms in total. The number of halogens is 2. The number of hydrogen-bond donors (Lipinski definition) is 1. The summed E-state index contributed by atoms with van der Waals surface area (Å²) in [6.45, 7) is 6.09. The van der Waals surface area contributed by atoms with Crippen LogP contribution < -0.4 is 16.2 Å². The summed E-state index contributed by atoms with van der Waals surface area (Å²) in [4.78, 5) is 20.3. The van der Waals surface area contributed by atoms with Crippen LogP contribution in [0.4, 0.5) is 5.82 Å². The lowest BCUT2D eigenvalue weighted by molar-refractivity contribution is 0.170. The summed E-state index contributed by atoms with van der Waals surface area (Å²) in [6, 6.07) is 7.26. The van der Waals surface area contributed by atoms with Crippen molar-refractivity contribution in [1.82, 2.24) is 19.3 Å². The second-order valence-electron chi connectivity index (χ2n) is 8.56. The molecule has 0 radical (unpaired) electrons. The van der Waals surface area contributed by atoms with Crippen LogP contribution in [0.15, 0.2) is 35.3 Å². The molecule has 0 aliphatic carbocycles. The topological polar surface area (TPSA) is 82.0 Å². The van der Waals surface area contributed by atoms with Crippen LogP contribution in [0.5, 0.6) is 0 Å². The van der Waals surface area contributed by atoms with E-state index in [4.69, 9.17) is 33.9 Å². The summed E-state index contributed by atoms with van der Waals surface area (Å²) in [5, 5.41) is 5.16. The van der Waals surface area contributed by atoms with E-state index in [1.807, 2.05) is 30.8 Å². The third kappa shape index (κ3) is 3.10. The fraction of sp³-hybridized carbons (Fsp3) is 0.409. The van der Waals surface area contributed by atoms with Crippen LogP contribution in [0.1, 0.15) is 36.0 Å². The standard InChI is InChI=1S/C22H24Cl2N6O/c1-13-20(27-14(2)30(21(13)31)16-5-3-4-15(23)18(16)24)28-10-7-22(8-11-28)12-29-17(19(22)25)6-9-26-29/h3-6,9,19H,7-8,10-12,25H2,1-2H3. The smallest absolute Gasteiger partial charge is 0.263 e. The molecule has 9 heteroatoms. The minimum Gasteiger partial charge on any atom is -0.356 e. The second kappa shape index (κ2) is 7.36. The Kier molecular flexibility index (Phi) is 4.88.